The third-order valence-electron chi connectivity index (χ3n) is 3.41. The zero-order valence-electron chi connectivity index (χ0n) is 13.4. The van der Waals surface area contributed by atoms with Crippen molar-refractivity contribution in [1.82, 2.24) is 5.32 Å². The van der Waals surface area contributed by atoms with Crippen LogP contribution in [0.15, 0.2) is 24.3 Å². The summed E-state index contributed by atoms with van der Waals surface area (Å²) in [5.74, 6) is 0.951. The van der Waals surface area contributed by atoms with Crippen LogP contribution in [0, 0.1) is 0 Å². The molecule has 0 spiro atoms. The van der Waals surface area contributed by atoms with Crippen LogP contribution >= 0.6 is 0 Å². The summed E-state index contributed by atoms with van der Waals surface area (Å²) in [4.78, 5) is 0. The predicted octanol–water partition coefficient (Wildman–Crippen LogP) is 3.16. The van der Waals surface area contributed by atoms with Crippen LogP contribution in [0.25, 0.3) is 0 Å². The van der Waals surface area contributed by atoms with Gasteiger partial charge in [0.05, 0.1) is 12.7 Å². The van der Waals surface area contributed by atoms with E-state index in [1.807, 2.05) is 25.1 Å². The van der Waals surface area contributed by atoms with Crippen LogP contribution in [0.2, 0.25) is 0 Å². The Morgan fingerprint density at radius 3 is 2.45 bits per heavy atom. The molecule has 2 atom stereocenters. The van der Waals surface area contributed by atoms with Crippen molar-refractivity contribution in [2.24, 2.45) is 0 Å². The number of aryl methyl sites for hydroxylation is 1. The molecule has 0 heterocycles. The van der Waals surface area contributed by atoms with Crippen LogP contribution < -0.4 is 10.1 Å². The van der Waals surface area contributed by atoms with Crippen LogP contribution in [-0.4, -0.2) is 29.4 Å². The molecular weight excluding hydrogens is 250 g/mol. The van der Waals surface area contributed by atoms with Gasteiger partial charge in [-0.2, -0.15) is 0 Å². The Hall–Kier alpha value is -1.06. The van der Waals surface area contributed by atoms with Gasteiger partial charge in [-0.05, 0) is 31.9 Å². The maximum atomic E-state index is 9.63. The molecule has 0 aliphatic heterocycles. The number of benzene rings is 1. The Morgan fingerprint density at radius 1 is 1.25 bits per heavy atom. The number of hydrogen-bond acceptors (Lipinski definition) is 3. The van der Waals surface area contributed by atoms with E-state index in [1.54, 1.807) is 0 Å². The van der Waals surface area contributed by atoms with Crippen LogP contribution in [0.5, 0.6) is 5.75 Å². The third-order valence-corrected chi connectivity index (χ3v) is 3.41. The summed E-state index contributed by atoms with van der Waals surface area (Å²) in [5, 5.41) is 13.1. The van der Waals surface area contributed by atoms with Crippen molar-refractivity contribution in [3.63, 3.8) is 0 Å². The number of rotatable bonds is 8. The van der Waals surface area contributed by atoms with E-state index in [1.165, 1.54) is 5.56 Å². The first kappa shape index (κ1) is 17.0. The number of para-hydroxylation sites is 1. The molecule has 3 heteroatoms. The normalized spacial score (nSPS) is 15.9. The van der Waals surface area contributed by atoms with E-state index in [4.69, 9.17) is 4.74 Å². The monoisotopic (exact) mass is 279 g/mol. The maximum absolute atomic E-state index is 9.63. The molecule has 0 radical (unpaired) electrons. The third kappa shape index (κ3) is 5.14. The van der Waals surface area contributed by atoms with Crippen molar-refractivity contribution in [2.45, 2.75) is 65.1 Å². The molecule has 0 amide bonds. The fourth-order valence-corrected chi connectivity index (χ4v) is 2.67. The first-order valence-electron chi connectivity index (χ1n) is 7.53. The highest BCUT2D eigenvalue weighted by Gasteiger charge is 2.27. The molecule has 0 bridgehead atoms. The summed E-state index contributed by atoms with van der Waals surface area (Å²) in [5.41, 5.74) is 0.913. The van der Waals surface area contributed by atoms with Crippen molar-refractivity contribution >= 4 is 0 Å². The number of ether oxygens (including phenoxy) is 1. The van der Waals surface area contributed by atoms with E-state index in [2.05, 4.69) is 39.1 Å². The van der Waals surface area contributed by atoms with Gasteiger partial charge >= 0.3 is 0 Å². The molecule has 0 fully saturated rings. The molecule has 1 aromatic rings. The fourth-order valence-electron chi connectivity index (χ4n) is 2.67. The van der Waals surface area contributed by atoms with Gasteiger partial charge in [0.2, 0.25) is 0 Å². The smallest absolute Gasteiger partial charge is 0.122 e. The van der Waals surface area contributed by atoms with Crippen molar-refractivity contribution in [3.05, 3.63) is 29.8 Å². The summed E-state index contributed by atoms with van der Waals surface area (Å²) in [7, 11) is 0. The molecular formula is C17H29NO2. The van der Waals surface area contributed by atoms with Crippen LogP contribution in [-0.2, 0) is 6.42 Å². The molecule has 0 saturated heterocycles. The van der Waals surface area contributed by atoms with Gasteiger partial charge in [-0.3, -0.25) is 0 Å². The van der Waals surface area contributed by atoms with E-state index in [9.17, 15) is 5.11 Å². The first-order chi connectivity index (χ1) is 9.40. The van der Waals surface area contributed by atoms with Gasteiger partial charge in [-0.1, -0.05) is 39.0 Å². The first-order valence-corrected chi connectivity index (χ1v) is 7.53. The molecule has 1 aromatic carbocycles. The lowest BCUT2D eigenvalue weighted by molar-refractivity contribution is 0.103. The molecule has 0 aliphatic carbocycles. The zero-order valence-corrected chi connectivity index (χ0v) is 13.4. The second-order valence-corrected chi connectivity index (χ2v) is 6.11. The molecule has 1 rings (SSSR count). The zero-order chi connectivity index (χ0) is 15.2. The Kier molecular flexibility index (Phi) is 6.50. The largest absolute Gasteiger partial charge is 0.490 e. The predicted molar refractivity (Wildman–Crippen MR) is 84.3 cm³/mol. The minimum absolute atomic E-state index is 0.0473. The maximum Gasteiger partial charge on any atom is 0.122 e. The quantitative estimate of drug-likeness (QED) is 0.768. The van der Waals surface area contributed by atoms with Gasteiger partial charge in [-0.15, -0.1) is 0 Å². The lowest BCUT2D eigenvalue weighted by Crippen LogP contribution is -2.51. The number of aliphatic hydroxyl groups excluding tert-OH is 1. The molecule has 0 aromatic heterocycles. The Balaban J connectivity index is 2.68. The van der Waals surface area contributed by atoms with E-state index < -0.39 is 0 Å². The van der Waals surface area contributed by atoms with Gasteiger partial charge in [-0.25, -0.2) is 0 Å². The average Bonchev–Trinajstić information content (AvgIpc) is 2.38. The molecule has 3 nitrogen and oxygen atoms in total. The summed E-state index contributed by atoms with van der Waals surface area (Å²) >= 11 is 0. The van der Waals surface area contributed by atoms with Crippen LogP contribution in [0.1, 0.15) is 46.6 Å². The minimum atomic E-state index is -0.311. The summed E-state index contributed by atoms with van der Waals surface area (Å²) in [6.45, 7) is 10.5. The van der Waals surface area contributed by atoms with Gasteiger partial charge in [0.15, 0.2) is 0 Å². The van der Waals surface area contributed by atoms with Gasteiger partial charge in [0.1, 0.15) is 5.75 Å². The lowest BCUT2D eigenvalue weighted by atomic mass is 9.94. The van der Waals surface area contributed by atoms with Crippen molar-refractivity contribution in [2.75, 3.05) is 6.61 Å². The topological polar surface area (TPSA) is 41.5 Å². The lowest BCUT2D eigenvalue weighted by Gasteiger charge is -2.33. The Bertz CT molecular complexity index is 406. The molecule has 2 unspecified atom stereocenters. The Labute approximate surface area is 123 Å². The highest BCUT2D eigenvalue weighted by atomic mass is 16.5. The van der Waals surface area contributed by atoms with E-state index in [-0.39, 0.29) is 18.2 Å². The van der Waals surface area contributed by atoms with E-state index in [0.29, 0.717) is 6.04 Å². The fraction of sp³-hybridized carbons (Fsp3) is 0.647. The molecule has 0 aliphatic rings. The van der Waals surface area contributed by atoms with E-state index in [0.717, 1.165) is 18.6 Å². The molecule has 0 saturated carbocycles. The number of nitrogens with one attached hydrogen (secondary N) is 1. The Morgan fingerprint density at radius 2 is 1.90 bits per heavy atom. The summed E-state index contributed by atoms with van der Waals surface area (Å²) in [6.07, 6.45) is 1.77. The summed E-state index contributed by atoms with van der Waals surface area (Å²) in [6, 6.07) is 8.48. The highest BCUT2D eigenvalue weighted by molar-refractivity contribution is 5.33. The van der Waals surface area contributed by atoms with Crippen LogP contribution in [0.4, 0.5) is 0 Å². The van der Waals surface area contributed by atoms with Crippen molar-refractivity contribution in [1.29, 1.82) is 0 Å². The SMILES string of the molecule is CCc1ccccc1OC(C)CC(C)(CO)NC(C)C. The van der Waals surface area contributed by atoms with E-state index >= 15 is 0 Å². The average molecular weight is 279 g/mol. The van der Waals surface area contributed by atoms with Gasteiger partial charge in [0, 0.05) is 18.0 Å². The second kappa shape index (κ2) is 7.65. The number of hydrogen-bond donors (Lipinski definition) is 2. The number of aliphatic hydroxyl groups is 1. The van der Waals surface area contributed by atoms with Crippen LogP contribution in [0.3, 0.4) is 0 Å². The highest BCUT2D eigenvalue weighted by Crippen LogP contribution is 2.23. The molecule has 20 heavy (non-hydrogen) atoms. The molecule has 114 valence electrons. The van der Waals surface area contributed by atoms with Crippen molar-refractivity contribution < 1.29 is 9.84 Å². The molecule has 2 N–H and O–H groups in total. The van der Waals surface area contributed by atoms with Crippen molar-refractivity contribution in [3.8, 4) is 5.75 Å². The van der Waals surface area contributed by atoms with Gasteiger partial charge in [0.25, 0.3) is 0 Å². The standard InChI is InChI=1S/C17H29NO2/c1-6-15-9-7-8-10-16(15)20-14(4)11-17(5,12-19)18-13(2)3/h7-10,13-14,18-19H,6,11-12H2,1-5H3. The summed E-state index contributed by atoms with van der Waals surface area (Å²) < 4.78 is 6.06. The second-order valence-electron chi connectivity index (χ2n) is 6.11. The minimum Gasteiger partial charge on any atom is -0.490 e. The van der Waals surface area contributed by atoms with Gasteiger partial charge < -0.3 is 15.2 Å².